The van der Waals surface area contributed by atoms with Gasteiger partial charge in [-0.05, 0) is 19.1 Å². The molecular weight excluding hydrogens is 216 g/mol. The second-order valence-corrected chi connectivity index (χ2v) is 4.09. The second-order valence-electron chi connectivity index (χ2n) is 4.09. The lowest BCUT2D eigenvalue weighted by Gasteiger charge is -1.90. The Labute approximate surface area is 97.7 Å². The molecule has 0 radical (unpaired) electrons. The lowest BCUT2D eigenvalue weighted by molar-refractivity contribution is 0.476. The molecule has 2 N–H and O–H groups in total. The van der Waals surface area contributed by atoms with Crippen molar-refractivity contribution in [3.63, 3.8) is 0 Å². The lowest BCUT2D eigenvalue weighted by Crippen LogP contribution is -1.86. The molecule has 0 atom stereocenters. The SMILES string of the molecule is Cc1nn(C)cc1-c1nc2ccc(O)cc2[nH]1. The van der Waals surface area contributed by atoms with Crippen molar-refractivity contribution in [2.75, 3.05) is 0 Å². The summed E-state index contributed by atoms with van der Waals surface area (Å²) in [5.41, 5.74) is 3.56. The summed E-state index contributed by atoms with van der Waals surface area (Å²) in [5.74, 6) is 1.01. The van der Waals surface area contributed by atoms with Gasteiger partial charge in [0.1, 0.15) is 11.6 Å². The number of aryl methyl sites for hydroxylation is 2. The average molecular weight is 228 g/mol. The summed E-state index contributed by atoms with van der Waals surface area (Å²) in [4.78, 5) is 7.66. The molecule has 5 nitrogen and oxygen atoms in total. The maximum Gasteiger partial charge on any atom is 0.141 e. The summed E-state index contributed by atoms with van der Waals surface area (Å²) in [6.45, 7) is 1.94. The number of aromatic amines is 1. The number of aromatic nitrogens is 4. The highest BCUT2D eigenvalue weighted by molar-refractivity contribution is 5.80. The number of nitrogens with zero attached hydrogens (tertiary/aromatic N) is 3. The standard InChI is InChI=1S/C12H12N4O/c1-7-9(6-16(2)15-7)12-13-10-4-3-8(17)5-11(10)14-12/h3-6,17H,1-2H3,(H,13,14). The van der Waals surface area contributed by atoms with Crippen LogP contribution in [-0.2, 0) is 7.05 Å². The van der Waals surface area contributed by atoms with E-state index in [1.807, 2.05) is 20.2 Å². The molecule has 0 bridgehead atoms. The summed E-state index contributed by atoms with van der Waals surface area (Å²) < 4.78 is 1.76. The molecule has 2 heterocycles. The maximum atomic E-state index is 9.40. The van der Waals surface area contributed by atoms with Crippen molar-refractivity contribution in [1.82, 2.24) is 19.7 Å². The van der Waals surface area contributed by atoms with Gasteiger partial charge in [0.2, 0.25) is 0 Å². The van der Waals surface area contributed by atoms with E-state index in [1.54, 1.807) is 22.9 Å². The highest BCUT2D eigenvalue weighted by atomic mass is 16.3. The molecule has 1 aromatic carbocycles. The van der Waals surface area contributed by atoms with Gasteiger partial charge in [0, 0.05) is 19.3 Å². The molecule has 17 heavy (non-hydrogen) atoms. The Morgan fingerprint density at radius 3 is 2.88 bits per heavy atom. The molecule has 3 aromatic rings. The predicted molar refractivity (Wildman–Crippen MR) is 64.7 cm³/mol. The average Bonchev–Trinajstić information content (AvgIpc) is 2.80. The molecule has 0 saturated heterocycles. The van der Waals surface area contributed by atoms with Crippen LogP contribution in [0.3, 0.4) is 0 Å². The van der Waals surface area contributed by atoms with E-state index in [-0.39, 0.29) is 5.75 Å². The number of H-pyrrole nitrogens is 1. The Hall–Kier alpha value is -2.30. The van der Waals surface area contributed by atoms with Crippen LogP contribution in [-0.4, -0.2) is 24.9 Å². The first-order valence-electron chi connectivity index (χ1n) is 5.33. The minimum absolute atomic E-state index is 0.232. The van der Waals surface area contributed by atoms with Gasteiger partial charge in [0.15, 0.2) is 0 Å². The number of hydrogen-bond donors (Lipinski definition) is 2. The molecule has 86 valence electrons. The number of fused-ring (bicyclic) bond motifs is 1. The van der Waals surface area contributed by atoms with Gasteiger partial charge in [-0.3, -0.25) is 4.68 Å². The van der Waals surface area contributed by atoms with Crippen LogP contribution in [0.1, 0.15) is 5.69 Å². The lowest BCUT2D eigenvalue weighted by atomic mass is 10.2. The normalized spacial score (nSPS) is 11.2. The van der Waals surface area contributed by atoms with Gasteiger partial charge in [-0.25, -0.2) is 4.98 Å². The fraction of sp³-hybridized carbons (Fsp3) is 0.167. The van der Waals surface area contributed by atoms with E-state index in [0.717, 1.165) is 28.1 Å². The van der Waals surface area contributed by atoms with Gasteiger partial charge < -0.3 is 10.1 Å². The number of phenolic OH excluding ortho intramolecular Hbond substituents is 1. The third kappa shape index (κ3) is 1.56. The Morgan fingerprint density at radius 1 is 1.35 bits per heavy atom. The van der Waals surface area contributed by atoms with Gasteiger partial charge in [0.05, 0.1) is 22.3 Å². The second kappa shape index (κ2) is 3.35. The third-order valence-electron chi connectivity index (χ3n) is 2.73. The summed E-state index contributed by atoms with van der Waals surface area (Å²) in [5, 5.41) is 13.7. The van der Waals surface area contributed by atoms with Crippen LogP contribution >= 0.6 is 0 Å². The van der Waals surface area contributed by atoms with E-state index in [4.69, 9.17) is 0 Å². The maximum absolute atomic E-state index is 9.40. The van der Waals surface area contributed by atoms with Crippen LogP contribution in [0.2, 0.25) is 0 Å². The van der Waals surface area contributed by atoms with Gasteiger partial charge >= 0.3 is 0 Å². The van der Waals surface area contributed by atoms with E-state index >= 15 is 0 Å². The minimum Gasteiger partial charge on any atom is -0.508 e. The van der Waals surface area contributed by atoms with Crippen LogP contribution in [0.15, 0.2) is 24.4 Å². The molecule has 0 amide bonds. The van der Waals surface area contributed by atoms with Gasteiger partial charge in [0.25, 0.3) is 0 Å². The van der Waals surface area contributed by atoms with Crippen molar-refractivity contribution in [1.29, 1.82) is 0 Å². The Kier molecular flexibility index (Phi) is 1.95. The highest BCUT2D eigenvalue weighted by Gasteiger charge is 2.10. The molecule has 0 aliphatic carbocycles. The third-order valence-corrected chi connectivity index (χ3v) is 2.73. The summed E-state index contributed by atoms with van der Waals surface area (Å²) in [6.07, 6.45) is 1.92. The highest BCUT2D eigenvalue weighted by Crippen LogP contribution is 2.24. The number of rotatable bonds is 1. The first-order valence-corrected chi connectivity index (χ1v) is 5.33. The van der Waals surface area contributed by atoms with E-state index < -0.39 is 0 Å². The van der Waals surface area contributed by atoms with Gasteiger partial charge in [-0.15, -0.1) is 0 Å². The predicted octanol–water partition coefficient (Wildman–Crippen LogP) is 1.98. The summed E-state index contributed by atoms with van der Waals surface area (Å²) in [7, 11) is 1.88. The van der Waals surface area contributed by atoms with Crippen molar-refractivity contribution in [3.05, 3.63) is 30.1 Å². The van der Waals surface area contributed by atoms with Gasteiger partial charge in [-0.2, -0.15) is 5.10 Å². The van der Waals surface area contributed by atoms with Crippen LogP contribution < -0.4 is 0 Å². The van der Waals surface area contributed by atoms with Crippen LogP contribution in [0.5, 0.6) is 5.75 Å². The smallest absolute Gasteiger partial charge is 0.141 e. The van der Waals surface area contributed by atoms with Crippen molar-refractivity contribution in [2.24, 2.45) is 7.05 Å². The van der Waals surface area contributed by atoms with Crippen molar-refractivity contribution in [2.45, 2.75) is 6.92 Å². The molecule has 0 saturated carbocycles. The zero-order valence-corrected chi connectivity index (χ0v) is 9.60. The van der Waals surface area contributed by atoms with Gasteiger partial charge in [-0.1, -0.05) is 0 Å². The van der Waals surface area contributed by atoms with E-state index in [2.05, 4.69) is 15.1 Å². The molecule has 5 heteroatoms. The zero-order chi connectivity index (χ0) is 12.0. The Bertz CT molecular complexity index is 696. The van der Waals surface area contributed by atoms with E-state index in [9.17, 15) is 5.11 Å². The molecule has 0 fully saturated rings. The first kappa shape index (κ1) is 9.89. The fourth-order valence-electron chi connectivity index (χ4n) is 1.96. The van der Waals surface area contributed by atoms with E-state index in [1.165, 1.54) is 0 Å². The number of aromatic hydroxyl groups is 1. The van der Waals surface area contributed by atoms with Crippen molar-refractivity contribution < 1.29 is 5.11 Å². The number of phenols is 1. The first-order chi connectivity index (χ1) is 8.13. The minimum atomic E-state index is 0.232. The number of imidazole rings is 1. The van der Waals surface area contributed by atoms with Crippen molar-refractivity contribution in [3.8, 4) is 17.1 Å². The van der Waals surface area contributed by atoms with Crippen LogP contribution in [0.25, 0.3) is 22.4 Å². The van der Waals surface area contributed by atoms with Crippen LogP contribution in [0, 0.1) is 6.92 Å². The number of nitrogens with one attached hydrogen (secondary N) is 1. The zero-order valence-electron chi connectivity index (χ0n) is 9.60. The molecular formula is C12H12N4O. The topological polar surface area (TPSA) is 66.7 Å². The largest absolute Gasteiger partial charge is 0.508 e. The summed E-state index contributed by atoms with van der Waals surface area (Å²) >= 11 is 0. The monoisotopic (exact) mass is 228 g/mol. The Balaban J connectivity index is 2.21. The fourth-order valence-corrected chi connectivity index (χ4v) is 1.96. The molecule has 0 unspecified atom stereocenters. The molecule has 0 aliphatic heterocycles. The van der Waals surface area contributed by atoms with E-state index in [0.29, 0.717) is 0 Å². The molecule has 0 spiro atoms. The van der Waals surface area contributed by atoms with Crippen LogP contribution in [0.4, 0.5) is 0 Å². The molecule has 2 aromatic heterocycles. The molecule has 0 aliphatic rings. The number of hydrogen-bond acceptors (Lipinski definition) is 3. The number of benzene rings is 1. The van der Waals surface area contributed by atoms with Crippen molar-refractivity contribution >= 4 is 11.0 Å². The Morgan fingerprint density at radius 2 is 2.18 bits per heavy atom. The quantitative estimate of drug-likeness (QED) is 0.669. The summed E-state index contributed by atoms with van der Waals surface area (Å²) in [6, 6.07) is 5.08. The molecule has 3 rings (SSSR count).